The summed E-state index contributed by atoms with van der Waals surface area (Å²) in [5, 5.41) is 8.96. The van der Waals surface area contributed by atoms with Gasteiger partial charge in [0.25, 0.3) is 0 Å². The average molecular weight is 270 g/mol. The van der Waals surface area contributed by atoms with Crippen LogP contribution in [0, 0.1) is 0 Å². The van der Waals surface area contributed by atoms with Crippen molar-refractivity contribution in [1.29, 1.82) is 0 Å². The fraction of sp³-hybridized carbons (Fsp3) is 0.462. The average Bonchev–Trinajstić information content (AvgIpc) is 2.76. The smallest absolute Gasteiger partial charge is 0.338 e. The lowest BCUT2D eigenvalue weighted by Crippen LogP contribution is -2.35. The largest absolute Gasteiger partial charge is 0.450 e. The first-order valence-electron chi connectivity index (χ1n) is 5.86. The number of aliphatic hydroxyl groups is 1. The Hall–Kier alpha value is -1.50. The zero-order valence-electron chi connectivity index (χ0n) is 10.4. The SMILES string of the molecule is CO[C@H]1O[C@H](CO)[C@H](F)[C@H]1OC(=O)c1ccccc1. The molecular formula is C13H15FO5. The van der Waals surface area contributed by atoms with Crippen molar-refractivity contribution in [2.45, 2.75) is 24.7 Å². The minimum atomic E-state index is -1.62. The Kier molecular flexibility index (Phi) is 4.47. The fourth-order valence-corrected chi connectivity index (χ4v) is 1.91. The Morgan fingerprint density at radius 2 is 2.11 bits per heavy atom. The lowest BCUT2D eigenvalue weighted by atomic mass is 10.1. The van der Waals surface area contributed by atoms with Crippen LogP contribution in [0.3, 0.4) is 0 Å². The maximum atomic E-state index is 13.9. The molecule has 1 aromatic rings. The lowest BCUT2D eigenvalue weighted by Gasteiger charge is -2.18. The van der Waals surface area contributed by atoms with Crippen molar-refractivity contribution in [3.8, 4) is 0 Å². The van der Waals surface area contributed by atoms with Crippen LogP contribution in [0.25, 0.3) is 0 Å². The number of benzene rings is 1. The van der Waals surface area contributed by atoms with E-state index in [9.17, 15) is 9.18 Å². The van der Waals surface area contributed by atoms with Gasteiger partial charge in [0.05, 0.1) is 12.2 Å². The second-order valence-electron chi connectivity index (χ2n) is 4.14. The number of alkyl halides is 1. The van der Waals surface area contributed by atoms with Crippen molar-refractivity contribution in [2.24, 2.45) is 0 Å². The third-order valence-corrected chi connectivity index (χ3v) is 2.91. The zero-order chi connectivity index (χ0) is 13.8. The van der Waals surface area contributed by atoms with E-state index in [1.165, 1.54) is 7.11 Å². The molecule has 104 valence electrons. The maximum Gasteiger partial charge on any atom is 0.338 e. The highest BCUT2D eigenvalue weighted by Crippen LogP contribution is 2.27. The summed E-state index contributed by atoms with van der Waals surface area (Å²) in [5.74, 6) is -0.655. The minimum Gasteiger partial charge on any atom is -0.450 e. The molecule has 0 radical (unpaired) electrons. The summed E-state index contributed by atoms with van der Waals surface area (Å²) < 4.78 is 29.0. The van der Waals surface area contributed by atoms with Crippen LogP contribution in [0.15, 0.2) is 30.3 Å². The van der Waals surface area contributed by atoms with Crippen LogP contribution in [0.1, 0.15) is 10.4 Å². The first kappa shape index (κ1) is 13.9. The molecule has 0 unspecified atom stereocenters. The fourth-order valence-electron chi connectivity index (χ4n) is 1.91. The van der Waals surface area contributed by atoms with Gasteiger partial charge in [-0.2, -0.15) is 0 Å². The van der Waals surface area contributed by atoms with E-state index in [0.29, 0.717) is 5.56 Å². The van der Waals surface area contributed by atoms with Gasteiger partial charge in [0.2, 0.25) is 0 Å². The molecule has 1 saturated heterocycles. The first-order valence-corrected chi connectivity index (χ1v) is 5.86. The number of methoxy groups -OCH3 is 1. The highest BCUT2D eigenvalue weighted by atomic mass is 19.1. The van der Waals surface area contributed by atoms with Crippen LogP contribution in [0.4, 0.5) is 4.39 Å². The quantitative estimate of drug-likeness (QED) is 0.824. The number of carbonyl (C=O) groups excluding carboxylic acids is 1. The third kappa shape index (κ3) is 2.91. The summed E-state index contributed by atoms with van der Waals surface area (Å²) in [6, 6.07) is 8.25. The van der Waals surface area contributed by atoms with E-state index in [0.717, 1.165) is 0 Å². The Bertz CT molecular complexity index is 422. The van der Waals surface area contributed by atoms with Crippen molar-refractivity contribution in [3.63, 3.8) is 0 Å². The molecule has 1 aromatic carbocycles. The van der Waals surface area contributed by atoms with Gasteiger partial charge in [0, 0.05) is 7.11 Å². The third-order valence-electron chi connectivity index (χ3n) is 2.91. The van der Waals surface area contributed by atoms with Gasteiger partial charge in [-0.15, -0.1) is 0 Å². The Morgan fingerprint density at radius 3 is 2.68 bits per heavy atom. The van der Waals surface area contributed by atoms with Crippen LogP contribution >= 0.6 is 0 Å². The molecule has 1 aliphatic heterocycles. The van der Waals surface area contributed by atoms with Crippen molar-refractivity contribution < 1.29 is 28.5 Å². The van der Waals surface area contributed by atoms with Crippen molar-refractivity contribution in [3.05, 3.63) is 35.9 Å². The molecule has 0 bridgehead atoms. The highest BCUT2D eigenvalue weighted by molar-refractivity contribution is 5.89. The number of carbonyl (C=O) groups is 1. The molecule has 0 spiro atoms. The molecule has 0 saturated carbocycles. The maximum absolute atomic E-state index is 13.9. The van der Waals surface area contributed by atoms with Gasteiger partial charge in [-0.05, 0) is 12.1 Å². The molecule has 0 amide bonds. The molecule has 1 aliphatic rings. The van der Waals surface area contributed by atoms with E-state index in [1.807, 2.05) is 0 Å². The Morgan fingerprint density at radius 1 is 1.42 bits per heavy atom. The lowest BCUT2D eigenvalue weighted by molar-refractivity contribution is -0.154. The van der Waals surface area contributed by atoms with Gasteiger partial charge in [-0.1, -0.05) is 18.2 Å². The van der Waals surface area contributed by atoms with Crippen molar-refractivity contribution in [1.82, 2.24) is 0 Å². The number of rotatable bonds is 4. The number of aliphatic hydroxyl groups excluding tert-OH is 1. The molecular weight excluding hydrogens is 255 g/mol. The van der Waals surface area contributed by atoms with Crippen LogP contribution in [0.2, 0.25) is 0 Å². The standard InChI is InChI=1S/C13H15FO5/c1-17-13-11(10(14)9(7-15)18-13)19-12(16)8-5-3-2-4-6-8/h2-6,9-11,13,15H,7H2,1H3/t9-,10+,11-,13+/m1/s1. The molecule has 0 aromatic heterocycles. The van der Waals surface area contributed by atoms with Crippen molar-refractivity contribution in [2.75, 3.05) is 13.7 Å². The van der Waals surface area contributed by atoms with Gasteiger partial charge in [0.1, 0.15) is 6.10 Å². The molecule has 1 heterocycles. The summed E-state index contributed by atoms with van der Waals surface area (Å²) in [6.07, 6.45) is -4.86. The van der Waals surface area contributed by atoms with E-state index >= 15 is 0 Å². The predicted octanol–water partition coefficient (Wildman–Crippen LogP) is 0.914. The molecule has 4 atom stereocenters. The Labute approximate surface area is 109 Å². The number of halogens is 1. The van der Waals surface area contributed by atoms with Crippen molar-refractivity contribution >= 4 is 5.97 Å². The van der Waals surface area contributed by atoms with Crippen LogP contribution < -0.4 is 0 Å². The van der Waals surface area contributed by atoms with Gasteiger partial charge < -0.3 is 19.3 Å². The molecule has 6 heteroatoms. The summed E-state index contributed by atoms with van der Waals surface area (Å²) in [4.78, 5) is 11.8. The van der Waals surface area contributed by atoms with E-state index in [1.54, 1.807) is 30.3 Å². The zero-order valence-corrected chi connectivity index (χ0v) is 10.4. The predicted molar refractivity (Wildman–Crippen MR) is 63.3 cm³/mol. The molecule has 1 N–H and O–H groups in total. The van der Waals surface area contributed by atoms with Gasteiger partial charge in [-0.3, -0.25) is 0 Å². The second-order valence-corrected chi connectivity index (χ2v) is 4.14. The van der Waals surface area contributed by atoms with Gasteiger partial charge in [0.15, 0.2) is 18.6 Å². The molecule has 1 fully saturated rings. The van der Waals surface area contributed by atoms with Crippen LogP contribution in [-0.2, 0) is 14.2 Å². The normalized spacial score (nSPS) is 30.3. The summed E-state index contributed by atoms with van der Waals surface area (Å²) in [6.45, 7) is -0.500. The number of hydrogen-bond acceptors (Lipinski definition) is 5. The number of esters is 1. The molecule has 5 nitrogen and oxygen atoms in total. The summed E-state index contributed by atoms with van der Waals surface area (Å²) in [5.41, 5.74) is 0.317. The molecule has 2 rings (SSSR count). The van der Waals surface area contributed by atoms with E-state index in [4.69, 9.17) is 19.3 Å². The Balaban J connectivity index is 2.07. The van der Waals surface area contributed by atoms with Crippen LogP contribution in [-0.4, -0.2) is 49.5 Å². The minimum absolute atomic E-state index is 0.317. The topological polar surface area (TPSA) is 65.0 Å². The second kappa shape index (κ2) is 6.10. The van der Waals surface area contributed by atoms with Crippen LogP contribution in [0.5, 0.6) is 0 Å². The van der Waals surface area contributed by atoms with Gasteiger partial charge in [-0.25, -0.2) is 9.18 Å². The molecule has 19 heavy (non-hydrogen) atoms. The van der Waals surface area contributed by atoms with E-state index in [-0.39, 0.29) is 0 Å². The summed E-state index contributed by atoms with van der Waals surface area (Å²) in [7, 11) is 1.32. The summed E-state index contributed by atoms with van der Waals surface area (Å²) >= 11 is 0. The monoisotopic (exact) mass is 270 g/mol. The number of hydrogen-bond donors (Lipinski definition) is 1. The van der Waals surface area contributed by atoms with E-state index < -0.39 is 37.2 Å². The first-order chi connectivity index (χ1) is 9.17. The molecule has 0 aliphatic carbocycles. The number of ether oxygens (including phenoxy) is 3. The highest BCUT2D eigenvalue weighted by Gasteiger charge is 2.47. The van der Waals surface area contributed by atoms with E-state index in [2.05, 4.69) is 0 Å². The van der Waals surface area contributed by atoms with Gasteiger partial charge >= 0.3 is 5.97 Å².